The first-order valence-electron chi connectivity index (χ1n) is 6.38. The van der Waals surface area contributed by atoms with Gasteiger partial charge in [0.05, 0.1) is 19.2 Å². The van der Waals surface area contributed by atoms with E-state index < -0.39 is 17.7 Å². The van der Waals surface area contributed by atoms with Crippen LogP contribution in [0.3, 0.4) is 0 Å². The quantitative estimate of drug-likeness (QED) is 0.801. The normalized spacial score (nSPS) is 18.8. The number of esters is 1. The number of hydrogen-bond acceptors (Lipinski definition) is 3. The molecule has 2 rings (SSSR count). The minimum atomic E-state index is -2.71. The van der Waals surface area contributed by atoms with E-state index in [1.165, 1.54) is 24.1 Å². The summed E-state index contributed by atoms with van der Waals surface area (Å²) in [4.78, 5) is 12.8. The lowest BCUT2D eigenvalue weighted by molar-refractivity contribution is -0.0663. The Morgan fingerprint density at radius 1 is 1.45 bits per heavy atom. The lowest BCUT2D eigenvalue weighted by Gasteiger charge is -2.32. The Labute approximate surface area is 115 Å². The van der Waals surface area contributed by atoms with Crippen LogP contribution in [-0.2, 0) is 11.3 Å². The fraction of sp³-hybridized carbons (Fsp3) is 0.500. The molecule has 0 N–H and O–H groups in total. The molecule has 1 aromatic rings. The zero-order valence-electron chi connectivity index (χ0n) is 11.2. The number of hydrogen-bond donors (Lipinski definition) is 0. The first kappa shape index (κ1) is 14.8. The molecule has 0 unspecified atom stereocenters. The van der Waals surface area contributed by atoms with E-state index in [4.69, 9.17) is 0 Å². The molecular weight excluding hydrogens is 271 g/mol. The molecule has 110 valence electrons. The molecule has 0 saturated carbocycles. The maximum absolute atomic E-state index is 13.9. The van der Waals surface area contributed by atoms with E-state index >= 15 is 0 Å². The Kier molecular flexibility index (Phi) is 4.32. The standard InChI is InChI=1S/C14H16F3NO2/c1-20-13(19)10-3-4-11(12(15)7-10)8-18-6-2-5-14(16,17)9-18/h3-4,7H,2,5-6,8-9H2,1H3. The third-order valence-corrected chi connectivity index (χ3v) is 3.34. The number of methoxy groups -OCH3 is 1. The summed E-state index contributed by atoms with van der Waals surface area (Å²) in [5, 5.41) is 0. The van der Waals surface area contributed by atoms with Gasteiger partial charge in [-0.05, 0) is 25.1 Å². The summed E-state index contributed by atoms with van der Waals surface area (Å²) in [6, 6.07) is 3.95. The Bertz CT molecular complexity index is 505. The van der Waals surface area contributed by atoms with Crippen molar-refractivity contribution >= 4 is 5.97 Å². The summed E-state index contributed by atoms with van der Waals surface area (Å²) in [6.07, 6.45) is 0.280. The van der Waals surface area contributed by atoms with Gasteiger partial charge in [0, 0.05) is 18.5 Å². The van der Waals surface area contributed by atoms with E-state index in [0.717, 1.165) is 6.07 Å². The molecule has 0 radical (unpaired) electrons. The van der Waals surface area contributed by atoms with E-state index in [0.29, 0.717) is 18.5 Å². The summed E-state index contributed by atoms with van der Waals surface area (Å²) >= 11 is 0. The lowest BCUT2D eigenvalue weighted by atomic mass is 10.1. The maximum atomic E-state index is 13.9. The van der Waals surface area contributed by atoms with Crippen LogP contribution in [-0.4, -0.2) is 37.0 Å². The first-order valence-corrected chi connectivity index (χ1v) is 6.38. The number of halogens is 3. The van der Waals surface area contributed by atoms with E-state index in [1.54, 1.807) is 0 Å². The Morgan fingerprint density at radius 3 is 2.80 bits per heavy atom. The number of rotatable bonds is 3. The predicted molar refractivity (Wildman–Crippen MR) is 67.2 cm³/mol. The molecule has 1 fully saturated rings. The van der Waals surface area contributed by atoms with Crippen molar-refractivity contribution in [2.45, 2.75) is 25.3 Å². The molecule has 0 bridgehead atoms. The van der Waals surface area contributed by atoms with E-state index in [9.17, 15) is 18.0 Å². The molecule has 6 heteroatoms. The Balaban J connectivity index is 2.08. The van der Waals surface area contributed by atoms with Crippen molar-refractivity contribution in [2.24, 2.45) is 0 Å². The van der Waals surface area contributed by atoms with Gasteiger partial charge in [-0.15, -0.1) is 0 Å². The SMILES string of the molecule is COC(=O)c1ccc(CN2CCCC(F)(F)C2)c(F)c1. The smallest absolute Gasteiger partial charge is 0.337 e. The van der Waals surface area contributed by atoms with Gasteiger partial charge in [-0.2, -0.15) is 0 Å². The highest BCUT2D eigenvalue weighted by atomic mass is 19.3. The minimum Gasteiger partial charge on any atom is -0.465 e. The number of nitrogens with zero attached hydrogens (tertiary/aromatic N) is 1. The second-order valence-corrected chi connectivity index (χ2v) is 4.97. The molecule has 3 nitrogen and oxygen atoms in total. The molecule has 1 aromatic carbocycles. The Hall–Kier alpha value is -1.56. The predicted octanol–water partition coefficient (Wildman–Crippen LogP) is 2.84. The molecule has 0 aromatic heterocycles. The Morgan fingerprint density at radius 2 is 2.20 bits per heavy atom. The molecular formula is C14H16F3NO2. The van der Waals surface area contributed by atoms with Gasteiger partial charge in [0.25, 0.3) is 5.92 Å². The van der Waals surface area contributed by atoms with Crippen molar-refractivity contribution in [1.82, 2.24) is 4.90 Å². The van der Waals surface area contributed by atoms with Gasteiger partial charge in [-0.3, -0.25) is 4.90 Å². The largest absolute Gasteiger partial charge is 0.465 e. The van der Waals surface area contributed by atoms with Crippen LogP contribution in [0.2, 0.25) is 0 Å². The molecule has 1 heterocycles. The number of carbonyl (C=O) groups is 1. The molecule has 20 heavy (non-hydrogen) atoms. The van der Waals surface area contributed by atoms with Gasteiger partial charge in [-0.25, -0.2) is 18.0 Å². The van der Waals surface area contributed by atoms with Gasteiger partial charge >= 0.3 is 5.97 Å². The van der Waals surface area contributed by atoms with Crippen LogP contribution >= 0.6 is 0 Å². The third-order valence-electron chi connectivity index (χ3n) is 3.34. The second-order valence-electron chi connectivity index (χ2n) is 4.97. The number of alkyl halides is 2. The van der Waals surface area contributed by atoms with Gasteiger partial charge in [-0.1, -0.05) is 6.07 Å². The number of ether oxygens (including phenoxy) is 1. The number of benzene rings is 1. The van der Waals surface area contributed by atoms with Crippen molar-refractivity contribution in [3.05, 3.63) is 35.1 Å². The van der Waals surface area contributed by atoms with Crippen LogP contribution in [0.5, 0.6) is 0 Å². The summed E-state index contributed by atoms with van der Waals surface area (Å²) < 4.78 is 44.9. The highest BCUT2D eigenvalue weighted by Gasteiger charge is 2.35. The third kappa shape index (κ3) is 3.50. The average Bonchev–Trinajstić information content (AvgIpc) is 2.39. The highest BCUT2D eigenvalue weighted by Crippen LogP contribution is 2.27. The maximum Gasteiger partial charge on any atom is 0.337 e. The average molecular weight is 287 g/mol. The van der Waals surface area contributed by atoms with Crippen LogP contribution in [0.15, 0.2) is 18.2 Å². The van der Waals surface area contributed by atoms with Crippen LogP contribution in [0, 0.1) is 5.82 Å². The molecule has 0 atom stereocenters. The molecule has 1 aliphatic rings. The van der Waals surface area contributed by atoms with Crippen LogP contribution in [0.1, 0.15) is 28.8 Å². The van der Waals surface area contributed by atoms with Crippen molar-refractivity contribution < 1.29 is 22.7 Å². The topological polar surface area (TPSA) is 29.5 Å². The fourth-order valence-electron chi connectivity index (χ4n) is 2.34. The monoisotopic (exact) mass is 287 g/mol. The van der Waals surface area contributed by atoms with Crippen molar-refractivity contribution in [2.75, 3.05) is 20.2 Å². The zero-order chi connectivity index (χ0) is 14.8. The number of piperidine rings is 1. The molecule has 0 spiro atoms. The minimum absolute atomic E-state index is 0.109. The van der Waals surface area contributed by atoms with Gasteiger partial charge in [0.15, 0.2) is 0 Å². The van der Waals surface area contributed by atoms with Gasteiger partial charge in [0.2, 0.25) is 0 Å². The van der Waals surface area contributed by atoms with E-state index in [1.807, 2.05) is 0 Å². The molecule has 1 saturated heterocycles. The fourth-order valence-corrected chi connectivity index (χ4v) is 2.34. The van der Waals surface area contributed by atoms with E-state index in [2.05, 4.69) is 4.74 Å². The van der Waals surface area contributed by atoms with Crippen LogP contribution < -0.4 is 0 Å². The summed E-state index contributed by atoms with van der Waals surface area (Å²) in [6.45, 7) is 0.280. The zero-order valence-corrected chi connectivity index (χ0v) is 11.2. The summed E-state index contributed by atoms with van der Waals surface area (Å²) in [7, 11) is 1.21. The van der Waals surface area contributed by atoms with E-state index in [-0.39, 0.29) is 25.1 Å². The lowest BCUT2D eigenvalue weighted by Crippen LogP contribution is -2.42. The first-order chi connectivity index (χ1) is 9.41. The summed E-state index contributed by atoms with van der Waals surface area (Å²) in [5.74, 6) is -3.91. The van der Waals surface area contributed by atoms with Crippen LogP contribution in [0.4, 0.5) is 13.2 Å². The molecule has 1 aliphatic heterocycles. The van der Waals surface area contributed by atoms with Gasteiger partial charge in [0.1, 0.15) is 5.82 Å². The van der Waals surface area contributed by atoms with Gasteiger partial charge < -0.3 is 4.74 Å². The van der Waals surface area contributed by atoms with Crippen LogP contribution in [0.25, 0.3) is 0 Å². The highest BCUT2D eigenvalue weighted by molar-refractivity contribution is 5.89. The second kappa shape index (κ2) is 5.83. The van der Waals surface area contributed by atoms with Crippen molar-refractivity contribution in [3.8, 4) is 0 Å². The van der Waals surface area contributed by atoms with Crippen molar-refractivity contribution in [3.63, 3.8) is 0 Å². The van der Waals surface area contributed by atoms with Crippen molar-refractivity contribution in [1.29, 1.82) is 0 Å². The number of likely N-dealkylation sites (tertiary alicyclic amines) is 1. The number of carbonyl (C=O) groups excluding carboxylic acids is 1. The molecule has 0 aliphatic carbocycles. The summed E-state index contributed by atoms with van der Waals surface area (Å²) in [5.41, 5.74) is 0.410. The molecule has 0 amide bonds.